The van der Waals surface area contributed by atoms with Gasteiger partial charge in [0.1, 0.15) is 0 Å². The van der Waals surface area contributed by atoms with Crippen LogP contribution < -0.4 is 0 Å². The summed E-state index contributed by atoms with van der Waals surface area (Å²) in [6.45, 7) is 4.35. The molecule has 0 radical (unpaired) electrons. The van der Waals surface area contributed by atoms with E-state index in [4.69, 9.17) is 9.84 Å². The highest BCUT2D eigenvalue weighted by Gasteiger charge is 2.41. The number of carboxylic acids is 1. The maximum atomic E-state index is 11.5. The fraction of sp³-hybridized carbons (Fsp3) is 0.800. The highest BCUT2D eigenvalue weighted by Crippen LogP contribution is 2.30. The predicted molar refractivity (Wildman–Crippen MR) is 51.2 cm³/mol. The van der Waals surface area contributed by atoms with Crippen LogP contribution in [0.3, 0.4) is 0 Å². The summed E-state index contributed by atoms with van der Waals surface area (Å²) in [5.41, 5.74) is 0.0308. The van der Waals surface area contributed by atoms with Gasteiger partial charge in [-0.2, -0.15) is 0 Å². The van der Waals surface area contributed by atoms with Crippen molar-refractivity contribution in [3.8, 4) is 0 Å². The van der Waals surface area contributed by atoms with Crippen LogP contribution in [0.25, 0.3) is 0 Å². The van der Waals surface area contributed by atoms with Crippen LogP contribution in [0.1, 0.15) is 13.3 Å². The van der Waals surface area contributed by atoms with Crippen LogP contribution in [0.15, 0.2) is 0 Å². The Morgan fingerprint density at radius 2 is 2.33 bits per heavy atom. The Kier molecular flexibility index (Phi) is 2.42. The van der Waals surface area contributed by atoms with Crippen molar-refractivity contribution >= 4 is 11.9 Å². The van der Waals surface area contributed by atoms with Gasteiger partial charge in [0.2, 0.25) is 5.91 Å². The molecular weight excluding hydrogens is 198 g/mol. The fourth-order valence-corrected chi connectivity index (χ4v) is 2.09. The Balaban J connectivity index is 1.93. The van der Waals surface area contributed by atoms with Crippen LogP contribution in [0.2, 0.25) is 0 Å². The van der Waals surface area contributed by atoms with E-state index in [2.05, 4.69) is 6.92 Å². The summed E-state index contributed by atoms with van der Waals surface area (Å²) in [6.07, 6.45) is 0.145. The molecule has 0 aliphatic carbocycles. The maximum absolute atomic E-state index is 11.5. The first kappa shape index (κ1) is 10.4. The largest absolute Gasteiger partial charge is 0.481 e. The Hall–Kier alpha value is -1.10. The molecule has 1 amide bonds. The summed E-state index contributed by atoms with van der Waals surface area (Å²) in [5.74, 6) is -1.45. The molecule has 2 saturated heterocycles. The number of carbonyl (C=O) groups excluding carboxylic acids is 1. The van der Waals surface area contributed by atoms with E-state index in [-0.39, 0.29) is 17.7 Å². The van der Waals surface area contributed by atoms with E-state index in [1.165, 1.54) is 0 Å². The molecular formula is C10H15NO4. The number of hydrogen-bond acceptors (Lipinski definition) is 3. The van der Waals surface area contributed by atoms with Crippen molar-refractivity contribution in [2.24, 2.45) is 11.3 Å². The van der Waals surface area contributed by atoms with Gasteiger partial charge in [0.05, 0.1) is 19.1 Å². The van der Waals surface area contributed by atoms with Gasteiger partial charge in [-0.3, -0.25) is 9.59 Å². The average molecular weight is 213 g/mol. The number of carboxylic acid groups (broad SMARTS) is 1. The molecule has 15 heavy (non-hydrogen) atoms. The Bertz CT molecular complexity index is 298. The molecule has 1 unspecified atom stereocenters. The van der Waals surface area contributed by atoms with Gasteiger partial charge in [-0.15, -0.1) is 0 Å². The third kappa shape index (κ3) is 1.97. The Labute approximate surface area is 88.0 Å². The van der Waals surface area contributed by atoms with Crippen molar-refractivity contribution in [2.45, 2.75) is 13.3 Å². The third-order valence-electron chi connectivity index (χ3n) is 3.04. The summed E-state index contributed by atoms with van der Waals surface area (Å²) in [6, 6.07) is 0. The standard InChI is InChI=1S/C10H15NO4/c1-10(5-15-6-10)4-11-3-7(9(13)14)2-8(11)12/h7H,2-6H2,1H3,(H,13,14). The van der Waals surface area contributed by atoms with Crippen molar-refractivity contribution in [3.63, 3.8) is 0 Å². The molecule has 1 N–H and O–H groups in total. The van der Waals surface area contributed by atoms with Gasteiger partial charge in [-0.25, -0.2) is 0 Å². The summed E-state index contributed by atoms with van der Waals surface area (Å²) in [5, 5.41) is 8.81. The molecule has 0 saturated carbocycles. The lowest BCUT2D eigenvalue weighted by molar-refractivity contribution is -0.141. The maximum Gasteiger partial charge on any atom is 0.308 e. The SMILES string of the molecule is CC1(CN2CC(C(=O)O)CC2=O)COC1. The second-order valence-corrected chi connectivity index (χ2v) is 4.82. The van der Waals surface area contributed by atoms with Crippen LogP contribution in [-0.2, 0) is 14.3 Å². The normalized spacial score (nSPS) is 29.0. The Morgan fingerprint density at radius 1 is 1.67 bits per heavy atom. The summed E-state index contributed by atoms with van der Waals surface area (Å²) in [4.78, 5) is 23.9. The average Bonchev–Trinajstić information content (AvgIpc) is 2.45. The van der Waals surface area contributed by atoms with E-state index in [1.54, 1.807) is 4.90 Å². The number of carbonyl (C=O) groups is 2. The van der Waals surface area contributed by atoms with Crippen molar-refractivity contribution in [1.82, 2.24) is 4.90 Å². The van der Waals surface area contributed by atoms with E-state index < -0.39 is 11.9 Å². The van der Waals surface area contributed by atoms with Gasteiger partial charge >= 0.3 is 5.97 Å². The first-order valence-corrected chi connectivity index (χ1v) is 5.08. The van der Waals surface area contributed by atoms with Crippen LogP contribution in [0.5, 0.6) is 0 Å². The molecule has 1 atom stereocenters. The molecule has 0 bridgehead atoms. The second kappa shape index (κ2) is 3.48. The number of hydrogen-bond donors (Lipinski definition) is 1. The molecule has 5 heteroatoms. The molecule has 5 nitrogen and oxygen atoms in total. The van der Waals surface area contributed by atoms with E-state index in [1.807, 2.05) is 0 Å². The molecule has 2 fully saturated rings. The second-order valence-electron chi connectivity index (χ2n) is 4.82. The van der Waals surface area contributed by atoms with Gasteiger partial charge in [-0.1, -0.05) is 6.92 Å². The van der Waals surface area contributed by atoms with Gasteiger partial charge in [-0.05, 0) is 0 Å². The Morgan fingerprint density at radius 3 is 2.73 bits per heavy atom. The van der Waals surface area contributed by atoms with E-state index in [9.17, 15) is 9.59 Å². The minimum Gasteiger partial charge on any atom is -0.481 e. The molecule has 0 aromatic carbocycles. The zero-order chi connectivity index (χ0) is 11.1. The zero-order valence-corrected chi connectivity index (χ0v) is 8.73. The molecule has 2 aliphatic heterocycles. The van der Waals surface area contributed by atoms with Gasteiger partial charge in [0, 0.05) is 24.9 Å². The van der Waals surface area contributed by atoms with Crippen molar-refractivity contribution < 1.29 is 19.4 Å². The fourth-order valence-electron chi connectivity index (χ4n) is 2.09. The van der Waals surface area contributed by atoms with Crippen LogP contribution in [0.4, 0.5) is 0 Å². The highest BCUT2D eigenvalue weighted by molar-refractivity contribution is 5.86. The number of rotatable bonds is 3. The monoisotopic (exact) mass is 213 g/mol. The lowest BCUT2D eigenvalue weighted by Gasteiger charge is -2.40. The van der Waals surface area contributed by atoms with Crippen molar-refractivity contribution in [1.29, 1.82) is 0 Å². The van der Waals surface area contributed by atoms with Gasteiger partial charge in [0.15, 0.2) is 0 Å². The van der Waals surface area contributed by atoms with Crippen LogP contribution in [0, 0.1) is 11.3 Å². The molecule has 2 rings (SSSR count). The topological polar surface area (TPSA) is 66.8 Å². The molecule has 2 heterocycles. The van der Waals surface area contributed by atoms with Crippen molar-refractivity contribution in [2.75, 3.05) is 26.3 Å². The minimum atomic E-state index is -0.874. The van der Waals surface area contributed by atoms with Crippen LogP contribution >= 0.6 is 0 Å². The number of likely N-dealkylation sites (tertiary alicyclic amines) is 1. The molecule has 0 aromatic heterocycles. The smallest absolute Gasteiger partial charge is 0.308 e. The summed E-state index contributed by atoms with van der Waals surface area (Å²) >= 11 is 0. The summed E-state index contributed by atoms with van der Waals surface area (Å²) in [7, 11) is 0. The first-order chi connectivity index (χ1) is 7.00. The van der Waals surface area contributed by atoms with Crippen molar-refractivity contribution in [3.05, 3.63) is 0 Å². The molecule has 84 valence electrons. The third-order valence-corrected chi connectivity index (χ3v) is 3.04. The van der Waals surface area contributed by atoms with Gasteiger partial charge < -0.3 is 14.7 Å². The minimum absolute atomic E-state index is 0.0308. The van der Waals surface area contributed by atoms with E-state index >= 15 is 0 Å². The molecule has 2 aliphatic rings. The molecule has 0 aromatic rings. The lowest BCUT2D eigenvalue weighted by atomic mass is 9.88. The predicted octanol–water partition coefficient (Wildman–Crippen LogP) is -0.0440. The van der Waals surface area contributed by atoms with Gasteiger partial charge in [0.25, 0.3) is 0 Å². The first-order valence-electron chi connectivity index (χ1n) is 5.08. The number of aliphatic carboxylic acids is 1. The van der Waals surface area contributed by atoms with E-state index in [0.29, 0.717) is 26.3 Å². The number of nitrogens with zero attached hydrogens (tertiary/aromatic N) is 1. The van der Waals surface area contributed by atoms with Crippen LogP contribution in [-0.4, -0.2) is 48.2 Å². The lowest BCUT2D eigenvalue weighted by Crippen LogP contribution is -2.49. The molecule has 0 spiro atoms. The quantitative estimate of drug-likeness (QED) is 0.714. The summed E-state index contributed by atoms with van der Waals surface area (Å²) < 4.78 is 5.10. The zero-order valence-electron chi connectivity index (χ0n) is 8.73. The van der Waals surface area contributed by atoms with E-state index in [0.717, 1.165) is 0 Å². The highest BCUT2D eigenvalue weighted by atomic mass is 16.5. The number of amides is 1. The number of ether oxygens (including phenoxy) is 1.